The molecule has 5 heterocycles. The van der Waals surface area contributed by atoms with Gasteiger partial charge in [0.05, 0.1) is 11.1 Å². The van der Waals surface area contributed by atoms with Gasteiger partial charge in [-0.1, -0.05) is 6.58 Å². The summed E-state index contributed by atoms with van der Waals surface area (Å²) in [6.45, 7) is 13.9. The lowest BCUT2D eigenvalue weighted by atomic mass is 9.87. The molecule has 0 saturated carbocycles. The molecule has 1 aromatic carbocycles. The van der Waals surface area contributed by atoms with Crippen LogP contribution in [0.1, 0.15) is 43.2 Å². The van der Waals surface area contributed by atoms with Gasteiger partial charge >= 0.3 is 6.01 Å². The number of alkyl halides is 1. The van der Waals surface area contributed by atoms with Gasteiger partial charge in [0.25, 0.3) is 0 Å². The Bertz CT molecular complexity index is 1690. The van der Waals surface area contributed by atoms with Crippen LogP contribution in [0.4, 0.5) is 14.6 Å². The molecule has 3 aliphatic heterocycles. The summed E-state index contributed by atoms with van der Waals surface area (Å²) in [5.74, 6) is -0.122. The van der Waals surface area contributed by atoms with E-state index in [-0.39, 0.29) is 42.5 Å². The van der Waals surface area contributed by atoms with E-state index in [4.69, 9.17) is 21.3 Å². The highest BCUT2D eigenvalue weighted by atomic mass is 19.1. The van der Waals surface area contributed by atoms with Gasteiger partial charge < -0.3 is 19.4 Å². The maximum absolute atomic E-state index is 16.1. The highest BCUT2D eigenvalue weighted by molar-refractivity contribution is 5.94. The molecule has 3 saturated heterocycles. The first-order valence-electron chi connectivity index (χ1n) is 15.9. The molecule has 1 amide bonds. The monoisotopic (exact) mass is 613 g/mol. The van der Waals surface area contributed by atoms with Gasteiger partial charge in [0.15, 0.2) is 0 Å². The Hall–Kier alpha value is -4.17. The number of rotatable bonds is 7. The molecule has 3 atom stereocenters. The number of halogens is 2. The number of carbonyl (C=O) groups is 1. The molecule has 2 aromatic heterocycles. The van der Waals surface area contributed by atoms with Gasteiger partial charge in [-0.2, -0.15) is 9.97 Å². The van der Waals surface area contributed by atoms with Crippen molar-refractivity contribution < 1.29 is 18.3 Å². The molecule has 0 spiro atoms. The minimum Gasteiger partial charge on any atom is -0.461 e. The summed E-state index contributed by atoms with van der Waals surface area (Å²) in [4.78, 5) is 36.0. The van der Waals surface area contributed by atoms with Gasteiger partial charge in [0.1, 0.15) is 30.5 Å². The minimum atomic E-state index is -0.883. The van der Waals surface area contributed by atoms with Crippen molar-refractivity contribution in [2.24, 2.45) is 0 Å². The molecule has 45 heavy (non-hydrogen) atoms. The van der Waals surface area contributed by atoms with Gasteiger partial charge in [-0.25, -0.2) is 15.4 Å². The quantitative estimate of drug-likeness (QED) is 0.280. The SMILES string of the molecule is [C-]#[N+]C[C@H]1CN(c2nc(OC[C@@]34CCCN3C[C@H](F)C4)nc3cc(-c4cncc5c4CCCC5)c(F)cc23)CCN1C(=O)C=C. The smallest absolute Gasteiger partial charge is 0.319 e. The minimum absolute atomic E-state index is 0.121. The van der Waals surface area contributed by atoms with E-state index in [2.05, 4.69) is 21.3 Å². The number of pyridine rings is 1. The lowest BCUT2D eigenvalue weighted by Crippen LogP contribution is -2.56. The number of aromatic nitrogens is 3. The van der Waals surface area contributed by atoms with E-state index in [9.17, 15) is 9.18 Å². The number of carbonyl (C=O) groups excluding carboxylic acids is 1. The summed E-state index contributed by atoms with van der Waals surface area (Å²) >= 11 is 0. The standard InChI is InChI=1S/C34H37F2N7O2/c1-3-31(44)43-12-11-41(20-24(43)17-37-2)32-27-13-29(36)26(28-18-38-16-22-7-4-5-8-25(22)28)14-30(27)39-33(40-32)45-21-34-9-6-10-42(34)19-23(35)15-34/h3,13-14,16,18,23-24H,1,4-12,15,17,19-21H2/t23-,24+,34+/m1/s1. The van der Waals surface area contributed by atoms with Crippen LogP contribution < -0.4 is 9.64 Å². The zero-order valence-corrected chi connectivity index (χ0v) is 25.4. The third kappa shape index (κ3) is 5.39. The van der Waals surface area contributed by atoms with Crippen molar-refractivity contribution in [2.75, 3.05) is 50.8 Å². The average molecular weight is 614 g/mol. The number of piperazine rings is 1. The fourth-order valence-corrected chi connectivity index (χ4v) is 7.88. The normalized spacial score (nSPS) is 24.7. The molecule has 0 radical (unpaired) electrons. The molecule has 0 N–H and O–H groups in total. The van der Waals surface area contributed by atoms with Crippen LogP contribution in [0, 0.1) is 12.4 Å². The maximum Gasteiger partial charge on any atom is 0.319 e. The first-order valence-corrected chi connectivity index (χ1v) is 15.9. The Morgan fingerprint density at radius 2 is 2.00 bits per heavy atom. The Morgan fingerprint density at radius 1 is 1.13 bits per heavy atom. The van der Waals surface area contributed by atoms with Crippen molar-refractivity contribution in [3.63, 3.8) is 0 Å². The van der Waals surface area contributed by atoms with Gasteiger partial charge in [-0.3, -0.25) is 14.7 Å². The highest BCUT2D eigenvalue weighted by Gasteiger charge is 2.49. The van der Waals surface area contributed by atoms with Crippen molar-refractivity contribution in [1.29, 1.82) is 0 Å². The zero-order chi connectivity index (χ0) is 31.1. The molecular weight excluding hydrogens is 576 g/mol. The van der Waals surface area contributed by atoms with Crippen LogP contribution in [-0.4, -0.2) is 94.3 Å². The number of amides is 1. The lowest BCUT2D eigenvalue weighted by molar-refractivity contribution is -0.128. The average Bonchev–Trinajstić information content (AvgIpc) is 3.58. The Morgan fingerprint density at radius 3 is 2.84 bits per heavy atom. The predicted molar refractivity (Wildman–Crippen MR) is 167 cm³/mol. The summed E-state index contributed by atoms with van der Waals surface area (Å²) in [6, 6.07) is 3.01. The number of hydrogen-bond donors (Lipinski definition) is 0. The molecule has 7 rings (SSSR count). The topological polar surface area (TPSA) is 79.1 Å². The molecule has 234 valence electrons. The molecule has 1 aliphatic carbocycles. The van der Waals surface area contributed by atoms with Crippen LogP contribution in [0.3, 0.4) is 0 Å². The largest absolute Gasteiger partial charge is 0.461 e. The van der Waals surface area contributed by atoms with E-state index in [0.717, 1.165) is 61.8 Å². The first-order chi connectivity index (χ1) is 21.9. The van der Waals surface area contributed by atoms with Crippen molar-refractivity contribution in [3.05, 3.63) is 65.5 Å². The molecule has 9 nitrogen and oxygen atoms in total. The van der Waals surface area contributed by atoms with E-state index >= 15 is 4.39 Å². The molecule has 3 aromatic rings. The fraction of sp³-hybridized carbons (Fsp3) is 0.500. The second-order valence-electron chi connectivity index (χ2n) is 12.8. The molecule has 4 aliphatic rings. The molecular formula is C34H37F2N7O2. The first kappa shape index (κ1) is 29.5. The van der Waals surface area contributed by atoms with E-state index in [1.165, 1.54) is 12.1 Å². The maximum atomic E-state index is 16.1. The van der Waals surface area contributed by atoms with E-state index in [1.807, 2.05) is 11.1 Å². The summed E-state index contributed by atoms with van der Waals surface area (Å²) in [6.07, 6.45) is 10.2. The number of anilines is 1. The van der Waals surface area contributed by atoms with Gasteiger partial charge in [0, 0.05) is 61.5 Å². The lowest BCUT2D eigenvalue weighted by Gasteiger charge is -2.39. The molecule has 3 fully saturated rings. The van der Waals surface area contributed by atoms with Crippen LogP contribution in [0.5, 0.6) is 6.01 Å². The predicted octanol–water partition coefficient (Wildman–Crippen LogP) is 4.79. The third-order valence-electron chi connectivity index (χ3n) is 10.1. The Balaban J connectivity index is 1.30. The summed E-state index contributed by atoms with van der Waals surface area (Å²) in [5.41, 5.74) is 3.66. The van der Waals surface area contributed by atoms with Crippen molar-refractivity contribution in [1.82, 2.24) is 24.8 Å². The summed E-state index contributed by atoms with van der Waals surface area (Å²) in [7, 11) is 0. The molecule has 11 heteroatoms. The molecule has 0 unspecified atom stereocenters. The third-order valence-corrected chi connectivity index (χ3v) is 10.1. The highest BCUT2D eigenvalue weighted by Crippen LogP contribution is 2.41. The molecule has 0 bridgehead atoms. The van der Waals surface area contributed by atoms with Crippen molar-refractivity contribution in [3.8, 4) is 17.1 Å². The van der Waals surface area contributed by atoms with E-state index < -0.39 is 6.17 Å². The summed E-state index contributed by atoms with van der Waals surface area (Å²) < 4.78 is 36.9. The van der Waals surface area contributed by atoms with Gasteiger partial charge in [0.2, 0.25) is 12.5 Å². The van der Waals surface area contributed by atoms with Gasteiger partial charge in [-0.15, -0.1) is 0 Å². The second-order valence-corrected chi connectivity index (χ2v) is 12.8. The van der Waals surface area contributed by atoms with Crippen molar-refractivity contribution in [2.45, 2.75) is 62.7 Å². The number of benzene rings is 1. The summed E-state index contributed by atoms with van der Waals surface area (Å²) in [5, 5.41) is 0.525. The zero-order valence-electron chi connectivity index (χ0n) is 25.4. The number of nitrogens with zero attached hydrogens (tertiary/aromatic N) is 7. The van der Waals surface area contributed by atoms with Crippen LogP contribution in [0.15, 0.2) is 37.2 Å². The second kappa shape index (κ2) is 12.0. The van der Waals surface area contributed by atoms with Crippen LogP contribution in [-0.2, 0) is 17.6 Å². The number of hydrogen-bond acceptors (Lipinski definition) is 7. The fourth-order valence-electron chi connectivity index (χ4n) is 7.88. The van der Waals surface area contributed by atoms with Crippen LogP contribution in [0.25, 0.3) is 26.9 Å². The number of aryl methyl sites for hydroxylation is 1. The number of fused-ring (bicyclic) bond motifs is 3. The Kier molecular flexibility index (Phi) is 7.86. The van der Waals surface area contributed by atoms with E-state index in [1.54, 1.807) is 17.2 Å². The van der Waals surface area contributed by atoms with Crippen LogP contribution in [0.2, 0.25) is 0 Å². The number of ether oxygens (including phenoxy) is 1. The van der Waals surface area contributed by atoms with Crippen LogP contribution >= 0.6 is 0 Å². The van der Waals surface area contributed by atoms with Gasteiger partial charge in [-0.05, 0) is 74.4 Å². The van der Waals surface area contributed by atoms with Crippen molar-refractivity contribution >= 4 is 22.6 Å². The Labute approximate surface area is 261 Å². The van der Waals surface area contributed by atoms with E-state index in [0.29, 0.717) is 54.9 Å².